The number of nitroso groups, excluding NO2 is 1. The number of urea groups is 2. The smallest absolute Gasteiger partial charge is 0.345 e. The van der Waals surface area contributed by atoms with Crippen molar-refractivity contribution in [3.8, 4) is 5.75 Å². The molecule has 1 unspecified atom stereocenters. The fourth-order valence-electron chi connectivity index (χ4n) is 3.33. The van der Waals surface area contributed by atoms with Gasteiger partial charge in [-0.3, -0.25) is 4.90 Å². The number of nitrogens with two attached hydrogens (primary N) is 1. The van der Waals surface area contributed by atoms with Crippen molar-refractivity contribution < 1.29 is 19.4 Å². The number of aliphatic hydroxyl groups excluding tert-OH is 1. The third kappa shape index (κ3) is 5.68. The molecule has 2 atom stereocenters. The van der Waals surface area contributed by atoms with E-state index in [4.69, 9.17) is 33.8 Å². The quantitative estimate of drug-likeness (QED) is 0.252. The van der Waals surface area contributed by atoms with Gasteiger partial charge in [0.05, 0.1) is 31.3 Å². The summed E-state index contributed by atoms with van der Waals surface area (Å²) < 4.78 is 5.43. The van der Waals surface area contributed by atoms with Crippen LogP contribution in [0.15, 0.2) is 47.6 Å². The van der Waals surface area contributed by atoms with Crippen molar-refractivity contribution in [2.24, 2.45) is 11.0 Å². The number of anilines is 1. The molecule has 1 aliphatic rings. The molecule has 11 nitrogen and oxygen atoms in total. The monoisotopic (exact) mass is 510 g/mol. The molecule has 0 spiro atoms. The molecule has 13 heteroatoms. The molecule has 1 heterocycles. The Morgan fingerprint density at radius 2 is 1.88 bits per heavy atom. The van der Waals surface area contributed by atoms with E-state index in [1.54, 1.807) is 42.5 Å². The van der Waals surface area contributed by atoms with Gasteiger partial charge in [-0.15, -0.1) is 0 Å². The molecule has 0 bridgehead atoms. The van der Waals surface area contributed by atoms with Gasteiger partial charge in [-0.25, -0.2) is 25.3 Å². The molecule has 1 aliphatic heterocycles. The second-order valence-corrected chi connectivity index (χ2v) is 8.22. The Bertz CT molecular complexity index is 1040. The summed E-state index contributed by atoms with van der Waals surface area (Å²) in [4.78, 5) is 39.3. The van der Waals surface area contributed by atoms with E-state index in [9.17, 15) is 19.6 Å². The number of carbonyl (C=O) groups is 2. The number of amides is 4. The summed E-state index contributed by atoms with van der Waals surface area (Å²) in [6, 6.07) is 8.92. The van der Waals surface area contributed by atoms with Crippen LogP contribution in [0.4, 0.5) is 15.3 Å². The second kappa shape index (κ2) is 11.3. The molecular formula is C21H24Cl2N6O5. The zero-order chi connectivity index (χ0) is 24.8. The normalized spacial score (nSPS) is 17.1. The number of hydrogen-bond donors (Lipinski definition) is 3. The van der Waals surface area contributed by atoms with Crippen molar-refractivity contribution in [3.05, 3.63) is 63.0 Å². The minimum absolute atomic E-state index is 0.0498. The molecule has 34 heavy (non-hydrogen) atoms. The van der Waals surface area contributed by atoms with Gasteiger partial charge >= 0.3 is 12.1 Å². The molecule has 2 aromatic rings. The third-order valence-electron chi connectivity index (χ3n) is 5.03. The van der Waals surface area contributed by atoms with Crippen LogP contribution in [0.3, 0.4) is 0 Å². The lowest BCUT2D eigenvalue weighted by molar-refractivity contribution is 0.0350. The number of hydrazine groups is 1. The summed E-state index contributed by atoms with van der Waals surface area (Å²) in [5.41, 5.74) is 1.19. The van der Waals surface area contributed by atoms with Gasteiger partial charge in [0.25, 0.3) is 0 Å². The summed E-state index contributed by atoms with van der Waals surface area (Å²) in [5.74, 6) is 6.58. The van der Waals surface area contributed by atoms with Gasteiger partial charge in [0.1, 0.15) is 11.8 Å². The Morgan fingerprint density at radius 3 is 2.47 bits per heavy atom. The highest BCUT2D eigenvalue weighted by atomic mass is 35.5. The number of benzene rings is 2. The topological polar surface area (TPSA) is 141 Å². The minimum Gasteiger partial charge on any atom is -0.492 e. The average molecular weight is 511 g/mol. The zero-order valence-electron chi connectivity index (χ0n) is 18.2. The first-order valence-electron chi connectivity index (χ1n) is 10.3. The molecule has 2 aromatic carbocycles. The van der Waals surface area contributed by atoms with E-state index >= 15 is 0 Å². The number of hydrogen-bond acceptors (Lipinski definition) is 8. The Morgan fingerprint density at radius 1 is 1.18 bits per heavy atom. The maximum atomic E-state index is 13.3. The Hall–Kier alpha value is -3.12. The molecule has 0 saturated carbocycles. The molecule has 0 radical (unpaired) electrons. The Balaban J connectivity index is 1.93. The van der Waals surface area contributed by atoms with Crippen molar-refractivity contribution in [3.63, 3.8) is 0 Å². The van der Waals surface area contributed by atoms with Gasteiger partial charge in [-0.2, -0.15) is 4.91 Å². The van der Waals surface area contributed by atoms with Crippen LogP contribution in [0.1, 0.15) is 12.5 Å². The third-order valence-corrected chi connectivity index (χ3v) is 5.58. The number of ether oxygens (including phenoxy) is 1. The Kier molecular flexibility index (Phi) is 8.51. The number of nitrogens with zero attached hydrogens (tertiary/aromatic N) is 4. The summed E-state index contributed by atoms with van der Waals surface area (Å²) in [7, 11) is 0. The first-order valence-corrected chi connectivity index (χ1v) is 11.1. The molecule has 182 valence electrons. The predicted molar refractivity (Wildman–Crippen MR) is 127 cm³/mol. The summed E-state index contributed by atoms with van der Waals surface area (Å²) in [6.45, 7) is 1.26. The maximum absolute atomic E-state index is 13.3. The molecule has 0 aliphatic carbocycles. The number of imide groups is 1. The fourth-order valence-corrected chi connectivity index (χ4v) is 3.69. The van der Waals surface area contributed by atoms with Crippen molar-refractivity contribution in [1.29, 1.82) is 0 Å². The van der Waals surface area contributed by atoms with Crippen molar-refractivity contribution in [1.82, 2.24) is 14.8 Å². The largest absolute Gasteiger partial charge is 0.492 e. The van der Waals surface area contributed by atoms with Gasteiger partial charge in [0.15, 0.2) is 0 Å². The predicted octanol–water partition coefficient (Wildman–Crippen LogP) is 3.45. The lowest BCUT2D eigenvalue weighted by atomic mass is 10.2. The van der Waals surface area contributed by atoms with Crippen LogP contribution in [0, 0.1) is 4.91 Å². The molecule has 1 saturated heterocycles. The number of halogens is 2. The van der Waals surface area contributed by atoms with Crippen LogP contribution in [0.25, 0.3) is 0 Å². The minimum atomic E-state index is -1.19. The van der Waals surface area contributed by atoms with E-state index in [1.165, 1.54) is 4.90 Å². The van der Waals surface area contributed by atoms with E-state index in [0.29, 0.717) is 33.7 Å². The van der Waals surface area contributed by atoms with Gasteiger partial charge in [0.2, 0.25) is 6.29 Å². The lowest BCUT2D eigenvalue weighted by Gasteiger charge is -2.45. The molecule has 4 N–H and O–H groups in total. The number of rotatable bonds is 10. The molecule has 1 fully saturated rings. The number of nitrogens with one attached hydrogen (secondary N) is 1. The van der Waals surface area contributed by atoms with Crippen LogP contribution in [-0.4, -0.2) is 64.1 Å². The van der Waals surface area contributed by atoms with Gasteiger partial charge in [-0.1, -0.05) is 40.5 Å². The van der Waals surface area contributed by atoms with E-state index in [1.807, 2.05) is 6.92 Å². The Labute approximate surface area is 205 Å². The SMILES string of the molecule is CCOc1ccc(NC2N(N)C(=O)N(C[C@@H](CO)N=O)C(=O)N2Cc2ccc(Cl)cc2)cc1Cl. The summed E-state index contributed by atoms with van der Waals surface area (Å²) in [6.07, 6.45) is -1.10. The van der Waals surface area contributed by atoms with Crippen LogP contribution in [0.2, 0.25) is 10.0 Å². The highest BCUT2D eigenvalue weighted by Gasteiger charge is 2.44. The van der Waals surface area contributed by atoms with E-state index in [0.717, 1.165) is 9.91 Å². The lowest BCUT2D eigenvalue weighted by Crippen LogP contribution is -2.70. The molecule has 3 rings (SSSR count). The number of aliphatic hydroxyl groups is 1. The number of carbonyl (C=O) groups excluding carboxylic acids is 2. The first kappa shape index (κ1) is 25.5. The van der Waals surface area contributed by atoms with Crippen LogP contribution in [-0.2, 0) is 6.54 Å². The maximum Gasteiger partial charge on any atom is 0.345 e. The van der Waals surface area contributed by atoms with E-state index < -0.39 is 37.5 Å². The zero-order valence-corrected chi connectivity index (χ0v) is 19.7. The summed E-state index contributed by atoms with van der Waals surface area (Å²) >= 11 is 12.2. The van der Waals surface area contributed by atoms with Crippen LogP contribution < -0.4 is 15.9 Å². The highest BCUT2D eigenvalue weighted by molar-refractivity contribution is 6.32. The van der Waals surface area contributed by atoms with E-state index in [2.05, 4.69) is 10.5 Å². The first-order chi connectivity index (χ1) is 16.3. The van der Waals surface area contributed by atoms with E-state index in [-0.39, 0.29) is 6.54 Å². The molecule has 0 aromatic heterocycles. The van der Waals surface area contributed by atoms with Gasteiger partial charge < -0.3 is 15.2 Å². The highest BCUT2D eigenvalue weighted by Crippen LogP contribution is 2.29. The van der Waals surface area contributed by atoms with Gasteiger partial charge in [0, 0.05) is 10.7 Å². The molecule has 4 amide bonds. The standard InChI is InChI=1S/C21H24Cl2N6O5/c1-2-34-18-8-7-15(9-17(18)23)25-19-27(10-13-3-5-14(22)6-4-13)20(31)28(21(32)29(19)24)11-16(12-30)26-33/h3-9,16,19,25,30H,2,10-12,24H2,1H3/t16-,19?/m0/s1. The second-order valence-electron chi connectivity index (χ2n) is 7.38. The average Bonchev–Trinajstić information content (AvgIpc) is 2.83. The molecular weight excluding hydrogens is 487 g/mol. The van der Waals surface area contributed by atoms with Crippen molar-refractivity contribution in [2.45, 2.75) is 25.8 Å². The van der Waals surface area contributed by atoms with Crippen molar-refractivity contribution in [2.75, 3.05) is 25.1 Å². The summed E-state index contributed by atoms with van der Waals surface area (Å²) in [5, 5.41) is 16.8. The van der Waals surface area contributed by atoms with Crippen LogP contribution in [0.5, 0.6) is 5.75 Å². The van der Waals surface area contributed by atoms with Gasteiger partial charge in [-0.05, 0) is 42.8 Å². The van der Waals surface area contributed by atoms with Crippen molar-refractivity contribution >= 4 is 41.0 Å². The van der Waals surface area contributed by atoms with Crippen LogP contribution >= 0.6 is 23.2 Å². The fraction of sp³-hybridized carbons (Fsp3) is 0.333.